The molecule has 1 rings (SSSR count). The molecule has 1 fully saturated rings. The van der Waals surface area contributed by atoms with Crippen LogP contribution in [-0.2, 0) is 20.2 Å². The summed E-state index contributed by atoms with van der Waals surface area (Å²) in [7, 11) is -3.69. The summed E-state index contributed by atoms with van der Waals surface area (Å²) in [5, 5.41) is 0. The van der Waals surface area contributed by atoms with Crippen LogP contribution in [-0.4, -0.2) is 64.4 Å². The highest BCUT2D eigenvalue weighted by Gasteiger charge is 2.29. The van der Waals surface area contributed by atoms with Crippen molar-refractivity contribution < 1.29 is 16.8 Å². The molecule has 1 heterocycles. The Morgan fingerprint density at radius 3 is 2.06 bits per heavy atom. The van der Waals surface area contributed by atoms with Gasteiger partial charge in [0.25, 0.3) is 10.2 Å². The molecule has 0 aromatic heterocycles. The van der Waals surface area contributed by atoms with Gasteiger partial charge in [-0.25, -0.2) is 12.7 Å². The molecule has 0 spiro atoms. The minimum Gasteiger partial charge on any atom is -0.212 e. The molecule has 0 amide bonds. The van der Waals surface area contributed by atoms with Crippen LogP contribution in [0, 0.1) is 0 Å². The number of nitrogens with zero attached hydrogens (tertiary/aromatic N) is 2. The van der Waals surface area contributed by atoms with Gasteiger partial charge in [-0.3, -0.25) is 0 Å². The van der Waals surface area contributed by atoms with E-state index in [0.717, 1.165) is 4.31 Å². The molecule has 1 aliphatic heterocycles. The number of hydrogen-bond acceptors (Lipinski definition) is 4. The summed E-state index contributed by atoms with van der Waals surface area (Å²) in [6.45, 7) is 2.35. The van der Waals surface area contributed by atoms with Gasteiger partial charge in [0.1, 0.15) is 0 Å². The zero-order valence-electron chi connectivity index (χ0n) is 11.0. The van der Waals surface area contributed by atoms with Crippen LogP contribution in [0.2, 0.25) is 0 Å². The minimum atomic E-state index is -3.44. The second-order valence-corrected chi connectivity index (χ2v) is 8.65. The molecular weight excluding hydrogens is 278 g/mol. The zero-order chi connectivity index (χ0) is 14.0. The SMILES string of the molecule is CCS(=O)(=O)N1CCC(NS(=O)(=O)N(C)C)CC1. The number of piperidine rings is 1. The summed E-state index contributed by atoms with van der Waals surface area (Å²) in [6.07, 6.45) is 1.01. The van der Waals surface area contributed by atoms with E-state index in [2.05, 4.69) is 4.72 Å². The largest absolute Gasteiger partial charge is 0.279 e. The van der Waals surface area contributed by atoms with Crippen LogP contribution in [0.4, 0.5) is 0 Å². The average Bonchev–Trinajstić information content (AvgIpc) is 2.29. The van der Waals surface area contributed by atoms with E-state index in [1.165, 1.54) is 18.4 Å². The van der Waals surface area contributed by atoms with E-state index >= 15 is 0 Å². The van der Waals surface area contributed by atoms with Crippen molar-refractivity contribution in [1.82, 2.24) is 13.3 Å². The molecule has 1 N–H and O–H groups in total. The molecule has 108 valence electrons. The number of sulfonamides is 1. The van der Waals surface area contributed by atoms with Gasteiger partial charge in [-0.15, -0.1) is 0 Å². The van der Waals surface area contributed by atoms with Gasteiger partial charge in [-0.1, -0.05) is 0 Å². The summed E-state index contributed by atoms with van der Waals surface area (Å²) >= 11 is 0. The lowest BCUT2D eigenvalue weighted by Gasteiger charge is -2.31. The van der Waals surface area contributed by atoms with Gasteiger partial charge in [-0.2, -0.15) is 17.4 Å². The summed E-state index contributed by atoms with van der Waals surface area (Å²) in [5.41, 5.74) is 0. The van der Waals surface area contributed by atoms with Gasteiger partial charge >= 0.3 is 0 Å². The van der Waals surface area contributed by atoms with E-state index in [1.54, 1.807) is 6.92 Å². The molecule has 0 aromatic carbocycles. The first kappa shape index (κ1) is 15.8. The number of nitrogens with one attached hydrogen (secondary N) is 1. The Balaban J connectivity index is 2.56. The van der Waals surface area contributed by atoms with Crippen LogP contribution in [0.1, 0.15) is 19.8 Å². The van der Waals surface area contributed by atoms with E-state index in [1.807, 2.05) is 0 Å². The Kier molecular flexibility index (Phi) is 5.13. The third-order valence-corrected chi connectivity index (χ3v) is 6.48. The van der Waals surface area contributed by atoms with Crippen LogP contribution in [0.5, 0.6) is 0 Å². The Morgan fingerprint density at radius 1 is 1.17 bits per heavy atom. The van der Waals surface area contributed by atoms with E-state index in [-0.39, 0.29) is 11.8 Å². The van der Waals surface area contributed by atoms with Crippen molar-refractivity contribution in [2.45, 2.75) is 25.8 Å². The lowest BCUT2D eigenvalue weighted by molar-refractivity contribution is 0.306. The summed E-state index contributed by atoms with van der Waals surface area (Å²) < 4.78 is 51.6. The first-order chi connectivity index (χ1) is 8.19. The van der Waals surface area contributed by atoms with Gasteiger partial charge < -0.3 is 0 Å². The molecule has 0 radical (unpaired) electrons. The van der Waals surface area contributed by atoms with Crippen molar-refractivity contribution in [3.05, 3.63) is 0 Å². The van der Waals surface area contributed by atoms with Gasteiger partial charge in [-0.05, 0) is 19.8 Å². The third-order valence-electron chi connectivity index (χ3n) is 3.01. The molecule has 1 saturated heterocycles. The summed E-state index contributed by atoms with van der Waals surface area (Å²) in [5.74, 6) is 0.0844. The first-order valence-corrected chi connectivity index (χ1v) is 8.91. The maximum atomic E-state index is 11.6. The third kappa shape index (κ3) is 3.89. The predicted octanol–water partition coefficient (Wildman–Crippen LogP) is -0.803. The maximum Gasteiger partial charge on any atom is 0.279 e. The van der Waals surface area contributed by atoms with Crippen LogP contribution in [0.25, 0.3) is 0 Å². The highest BCUT2D eigenvalue weighted by Crippen LogP contribution is 2.15. The Labute approximate surface area is 109 Å². The molecule has 0 unspecified atom stereocenters. The van der Waals surface area contributed by atoms with Gasteiger partial charge in [0.2, 0.25) is 10.0 Å². The maximum absolute atomic E-state index is 11.6. The smallest absolute Gasteiger partial charge is 0.212 e. The predicted molar refractivity (Wildman–Crippen MR) is 69.8 cm³/mol. The number of hydrogen-bond donors (Lipinski definition) is 1. The quantitative estimate of drug-likeness (QED) is 0.720. The Morgan fingerprint density at radius 2 is 1.67 bits per heavy atom. The van der Waals surface area contributed by atoms with Crippen LogP contribution in [0.15, 0.2) is 0 Å². The second kappa shape index (κ2) is 5.83. The molecule has 0 bridgehead atoms. The summed E-state index contributed by atoms with van der Waals surface area (Å²) in [4.78, 5) is 0. The molecule has 0 aromatic rings. The van der Waals surface area contributed by atoms with Crippen molar-refractivity contribution in [1.29, 1.82) is 0 Å². The fourth-order valence-electron chi connectivity index (χ4n) is 1.75. The molecule has 18 heavy (non-hydrogen) atoms. The standard InChI is InChI=1S/C9H21N3O4S2/c1-4-17(13,14)12-7-5-9(6-8-12)10-18(15,16)11(2)3/h9-10H,4-8H2,1-3H3. The fraction of sp³-hybridized carbons (Fsp3) is 1.00. The van der Waals surface area contributed by atoms with Crippen molar-refractivity contribution in [3.8, 4) is 0 Å². The van der Waals surface area contributed by atoms with Crippen LogP contribution >= 0.6 is 0 Å². The summed E-state index contributed by atoms with van der Waals surface area (Å²) in [6, 6.07) is -0.194. The van der Waals surface area contributed by atoms with Gasteiger partial charge in [0.15, 0.2) is 0 Å². The van der Waals surface area contributed by atoms with Crippen molar-refractivity contribution in [2.24, 2.45) is 0 Å². The van der Waals surface area contributed by atoms with E-state index in [0.29, 0.717) is 25.9 Å². The molecule has 9 heteroatoms. The van der Waals surface area contributed by atoms with E-state index in [9.17, 15) is 16.8 Å². The van der Waals surface area contributed by atoms with Crippen molar-refractivity contribution >= 4 is 20.2 Å². The molecule has 0 saturated carbocycles. The lowest BCUT2D eigenvalue weighted by atomic mass is 10.1. The van der Waals surface area contributed by atoms with Crippen LogP contribution in [0.3, 0.4) is 0 Å². The first-order valence-electron chi connectivity index (χ1n) is 5.86. The van der Waals surface area contributed by atoms with Crippen molar-refractivity contribution in [3.63, 3.8) is 0 Å². The van der Waals surface area contributed by atoms with Gasteiger partial charge in [0.05, 0.1) is 5.75 Å². The molecule has 7 nitrogen and oxygen atoms in total. The Bertz CT molecular complexity index is 464. The highest BCUT2D eigenvalue weighted by molar-refractivity contribution is 7.89. The molecule has 0 atom stereocenters. The molecule has 1 aliphatic rings. The minimum absolute atomic E-state index is 0.0844. The molecule has 0 aliphatic carbocycles. The average molecular weight is 299 g/mol. The monoisotopic (exact) mass is 299 g/mol. The normalized spacial score (nSPS) is 20.4. The second-order valence-electron chi connectivity index (χ2n) is 4.48. The van der Waals surface area contributed by atoms with Gasteiger partial charge in [0, 0.05) is 33.2 Å². The fourth-order valence-corrected chi connectivity index (χ4v) is 3.75. The highest BCUT2D eigenvalue weighted by atomic mass is 32.2. The van der Waals surface area contributed by atoms with E-state index < -0.39 is 20.2 Å². The van der Waals surface area contributed by atoms with Crippen LogP contribution < -0.4 is 4.72 Å². The topological polar surface area (TPSA) is 86.8 Å². The van der Waals surface area contributed by atoms with E-state index in [4.69, 9.17) is 0 Å². The molecular formula is C9H21N3O4S2. The number of rotatable bonds is 5. The Hall–Kier alpha value is -0.220. The lowest BCUT2D eigenvalue weighted by Crippen LogP contribution is -2.49. The zero-order valence-corrected chi connectivity index (χ0v) is 12.6. The van der Waals surface area contributed by atoms with Crippen molar-refractivity contribution in [2.75, 3.05) is 32.9 Å².